The van der Waals surface area contributed by atoms with Crippen LogP contribution in [0.4, 0.5) is 39.0 Å². The number of halogens is 7. The Morgan fingerprint density at radius 1 is 0.786 bits per heavy atom. The molecular formula is C28H19Cl2F5N4O2S. The Hall–Kier alpha value is -3.87. The van der Waals surface area contributed by atoms with Crippen LogP contribution in [0.15, 0.2) is 59.0 Å². The molecule has 0 bridgehead atoms. The number of nitrogens with zero attached hydrogens (tertiary/aromatic N) is 2. The first-order valence-corrected chi connectivity index (χ1v) is 13.5. The third kappa shape index (κ3) is 6.01. The highest BCUT2D eigenvalue weighted by atomic mass is 35.5. The number of anilines is 3. The standard InChI is InChI=1S/C28H19Cl2F5N4O2S/c29-14-1-6-17(18(30)13-14)19-7-8-20(41-19)27(40)37-28(42)36-15-2-4-16(5-3-15)38-9-11-39(12-10-38)26-24(34)22(32)21(31)23(33)25(26)35/h1-8,13H,9-12H2,(H2,36,37,40,42). The number of benzene rings is 3. The molecule has 6 nitrogen and oxygen atoms in total. The highest BCUT2D eigenvalue weighted by Crippen LogP contribution is 2.33. The van der Waals surface area contributed by atoms with Gasteiger partial charge in [0.1, 0.15) is 11.4 Å². The lowest BCUT2D eigenvalue weighted by atomic mass is 10.2. The van der Waals surface area contributed by atoms with E-state index < -0.39 is 40.7 Å². The van der Waals surface area contributed by atoms with Crippen LogP contribution in [0.25, 0.3) is 11.3 Å². The fourth-order valence-electron chi connectivity index (χ4n) is 4.44. The molecule has 1 aliphatic heterocycles. The summed E-state index contributed by atoms with van der Waals surface area (Å²) in [7, 11) is 0. The fourth-order valence-corrected chi connectivity index (χ4v) is 5.15. The van der Waals surface area contributed by atoms with E-state index in [4.69, 9.17) is 39.8 Å². The molecule has 0 atom stereocenters. The molecule has 218 valence electrons. The molecule has 14 heteroatoms. The summed E-state index contributed by atoms with van der Waals surface area (Å²) in [6, 6.07) is 14.9. The highest BCUT2D eigenvalue weighted by Gasteiger charge is 2.30. The maximum atomic E-state index is 14.2. The molecule has 0 unspecified atom stereocenters. The van der Waals surface area contributed by atoms with Crippen LogP contribution < -0.4 is 20.4 Å². The lowest BCUT2D eigenvalue weighted by molar-refractivity contribution is 0.0951. The molecule has 4 aromatic rings. The summed E-state index contributed by atoms with van der Waals surface area (Å²) in [6.45, 7) is 0.612. The lowest BCUT2D eigenvalue weighted by Crippen LogP contribution is -2.47. The van der Waals surface area contributed by atoms with E-state index >= 15 is 0 Å². The normalized spacial score (nSPS) is 13.3. The number of piperazine rings is 1. The van der Waals surface area contributed by atoms with Crippen molar-refractivity contribution in [1.82, 2.24) is 5.32 Å². The molecule has 1 fully saturated rings. The number of amides is 1. The fraction of sp³-hybridized carbons (Fsp3) is 0.143. The third-order valence-corrected chi connectivity index (χ3v) is 7.28. The number of furan rings is 1. The van der Waals surface area contributed by atoms with Gasteiger partial charge in [0.25, 0.3) is 5.91 Å². The smallest absolute Gasteiger partial charge is 0.293 e. The summed E-state index contributed by atoms with van der Waals surface area (Å²) < 4.78 is 74.6. The lowest BCUT2D eigenvalue weighted by Gasteiger charge is -2.37. The topological polar surface area (TPSA) is 60.8 Å². The second kappa shape index (κ2) is 12.2. The van der Waals surface area contributed by atoms with Crippen LogP contribution in [0.1, 0.15) is 10.6 Å². The number of carbonyl (C=O) groups is 1. The molecule has 1 amide bonds. The van der Waals surface area contributed by atoms with Gasteiger partial charge in [-0.15, -0.1) is 0 Å². The van der Waals surface area contributed by atoms with E-state index in [1.54, 1.807) is 48.5 Å². The van der Waals surface area contributed by atoms with Gasteiger partial charge < -0.3 is 19.5 Å². The average Bonchev–Trinajstić information content (AvgIpc) is 3.46. The highest BCUT2D eigenvalue weighted by molar-refractivity contribution is 7.80. The average molecular weight is 641 g/mol. The summed E-state index contributed by atoms with van der Waals surface area (Å²) in [4.78, 5) is 15.6. The Bertz CT molecular complexity index is 1650. The van der Waals surface area contributed by atoms with E-state index in [0.717, 1.165) is 10.6 Å². The van der Waals surface area contributed by atoms with Crippen LogP contribution in [-0.4, -0.2) is 37.2 Å². The Kier molecular flexibility index (Phi) is 8.58. The largest absolute Gasteiger partial charge is 0.451 e. The molecule has 2 N–H and O–H groups in total. The quantitative estimate of drug-likeness (QED) is 0.103. The summed E-state index contributed by atoms with van der Waals surface area (Å²) in [5.41, 5.74) is 0.967. The van der Waals surface area contributed by atoms with E-state index in [1.807, 2.05) is 4.90 Å². The van der Waals surface area contributed by atoms with Gasteiger partial charge in [-0.25, -0.2) is 22.0 Å². The zero-order valence-corrected chi connectivity index (χ0v) is 23.6. The van der Waals surface area contributed by atoms with Crippen molar-refractivity contribution in [2.24, 2.45) is 0 Å². The van der Waals surface area contributed by atoms with E-state index in [0.29, 0.717) is 27.1 Å². The second-order valence-corrected chi connectivity index (χ2v) is 10.4. The van der Waals surface area contributed by atoms with Gasteiger partial charge >= 0.3 is 0 Å². The van der Waals surface area contributed by atoms with E-state index in [1.165, 1.54) is 6.07 Å². The zero-order chi connectivity index (χ0) is 30.1. The summed E-state index contributed by atoms with van der Waals surface area (Å²) in [5, 5.41) is 6.28. The van der Waals surface area contributed by atoms with Crippen molar-refractivity contribution in [2.75, 3.05) is 41.3 Å². The van der Waals surface area contributed by atoms with Crippen LogP contribution in [0.2, 0.25) is 10.0 Å². The van der Waals surface area contributed by atoms with Crippen molar-refractivity contribution in [2.45, 2.75) is 0 Å². The molecule has 1 aromatic heterocycles. The molecule has 42 heavy (non-hydrogen) atoms. The van der Waals surface area contributed by atoms with Crippen molar-refractivity contribution in [3.63, 3.8) is 0 Å². The van der Waals surface area contributed by atoms with Crippen molar-refractivity contribution in [1.29, 1.82) is 0 Å². The minimum atomic E-state index is -2.19. The number of nitrogens with one attached hydrogen (secondary N) is 2. The number of hydrogen-bond acceptors (Lipinski definition) is 5. The molecule has 0 saturated carbocycles. The summed E-state index contributed by atoms with van der Waals surface area (Å²) in [6.07, 6.45) is 0. The van der Waals surface area contributed by atoms with Crippen molar-refractivity contribution in [3.05, 3.63) is 99.5 Å². The molecular weight excluding hydrogens is 622 g/mol. The van der Waals surface area contributed by atoms with Crippen LogP contribution in [-0.2, 0) is 0 Å². The van der Waals surface area contributed by atoms with Crippen molar-refractivity contribution < 1.29 is 31.2 Å². The van der Waals surface area contributed by atoms with Gasteiger partial charge in [-0.1, -0.05) is 23.2 Å². The number of thiocarbonyl (C=S) groups is 1. The zero-order valence-electron chi connectivity index (χ0n) is 21.3. The Labute approximate surface area is 251 Å². The SMILES string of the molecule is O=C(NC(=S)Nc1ccc(N2CCN(c3c(F)c(F)c(F)c(F)c3F)CC2)cc1)c1ccc(-c2ccc(Cl)cc2Cl)o1. The van der Waals surface area contributed by atoms with Crippen LogP contribution in [0, 0.1) is 29.1 Å². The molecule has 2 heterocycles. The molecule has 1 saturated heterocycles. The van der Waals surface area contributed by atoms with E-state index in [9.17, 15) is 26.7 Å². The minimum absolute atomic E-state index is 0.0144. The van der Waals surface area contributed by atoms with Gasteiger partial charge in [-0.05, 0) is 66.8 Å². The third-order valence-electron chi connectivity index (χ3n) is 6.53. The van der Waals surface area contributed by atoms with Gasteiger partial charge in [-0.2, -0.15) is 0 Å². The summed E-state index contributed by atoms with van der Waals surface area (Å²) >= 11 is 17.4. The van der Waals surface area contributed by atoms with E-state index in [2.05, 4.69) is 10.6 Å². The summed E-state index contributed by atoms with van der Waals surface area (Å²) in [5.74, 6) is -10.0. The predicted molar refractivity (Wildman–Crippen MR) is 155 cm³/mol. The number of hydrogen-bond donors (Lipinski definition) is 2. The van der Waals surface area contributed by atoms with Crippen molar-refractivity contribution >= 4 is 63.5 Å². The molecule has 3 aromatic carbocycles. The van der Waals surface area contributed by atoms with E-state index in [-0.39, 0.29) is 37.1 Å². The number of carbonyl (C=O) groups excluding carboxylic acids is 1. The molecule has 0 radical (unpaired) electrons. The molecule has 5 rings (SSSR count). The van der Waals surface area contributed by atoms with Gasteiger partial charge in [0.2, 0.25) is 5.82 Å². The van der Waals surface area contributed by atoms with Gasteiger partial charge in [0, 0.05) is 48.1 Å². The molecule has 0 aliphatic carbocycles. The molecule has 1 aliphatic rings. The van der Waals surface area contributed by atoms with Crippen molar-refractivity contribution in [3.8, 4) is 11.3 Å². The van der Waals surface area contributed by atoms with Crippen LogP contribution >= 0.6 is 35.4 Å². The first kappa shape index (κ1) is 29.6. The monoisotopic (exact) mass is 640 g/mol. The first-order chi connectivity index (χ1) is 20.0. The number of rotatable bonds is 5. The maximum Gasteiger partial charge on any atom is 0.293 e. The Balaban J connectivity index is 1.16. The molecule has 0 spiro atoms. The van der Waals surface area contributed by atoms with Gasteiger partial charge in [0.15, 0.2) is 34.1 Å². The minimum Gasteiger partial charge on any atom is -0.451 e. The first-order valence-electron chi connectivity index (χ1n) is 12.3. The van der Waals surface area contributed by atoms with Crippen LogP contribution in [0.3, 0.4) is 0 Å². The van der Waals surface area contributed by atoms with Gasteiger partial charge in [-0.3, -0.25) is 10.1 Å². The van der Waals surface area contributed by atoms with Gasteiger partial charge in [0.05, 0.1) is 5.02 Å². The Morgan fingerprint density at radius 3 is 2.00 bits per heavy atom. The van der Waals surface area contributed by atoms with Crippen LogP contribution in [0.5, 0.6) is 0 Å². The Morgan fingerprint density at radius 2 is 1.38 bits per heavy atom. The predicted octanol–water partition coefficient (Wildman–Crippen LogP) is 7.40. The second-order valence-electron chi connectivity index (χ2n) is 9.14. The maximum absolute atomic E-state index is 14.2.